The van der Waals surface area contributed by atoms with Gasteiger partial charge in [0.1, 0.15) is 30.9 Å². The Morgan fingerprint density at radius 2 is 1.15 bits per heavy atom. The van der Waals surface area contributed by atoms with Crippen LogP contribution >= 0.6 is 0 Å². The molecule has 4 amide bonds. The number of hydrogen-bond donors (Lipinski definition) is 3. The fraction of sp³-hybridized carbons (Fsp3) is 0.425. The van der Waals surface area contributed by atoms with Gasteiger partial charge >= 0.3 is 18.2 Å². The van der Waals surface area contributed by atoms with E-state index in [1.807, 2.05) is 56.3 Å². The second-order valence-corrected chi connectivity index (χ2v) is 13.8. The molecule has 0 aliphatic rings. The van der Waals surface area contributed by atoms with E-state index in [1.54, 1.807) is 69.3 Å². The normalized spacial score (nSPS) is 12.9. The first-order chi connectivity index (χ1) is 24.8. The van der Waals surface area contributed by atoms with Gasteiger partial charge in [-0.1, -0.05) is 105 Å². The van der Waals surface area contributed by atoms with Crippen molar-refractivity contribution in [3.8, 4) is 0 Å². The highest BCUT2D eigenvalue weighted by Gasteiger charge is 2.34. The highest BCUT2D eigenvalue weighted by molar-refractivity contribution is 5.90. The highest BCUT2D eigenvalue weighted by atomic mass is 16.6. The number of likely N-dealkylation sites (N-methyl/N-ethyl adjacent to an activating group) is 1. The van der Waals surface area contributed by atoms with Crippen LogP contribution in [0.15, 0.2) is 91.0 Å². The van der Waals surface area contributed by atoms with E-state index in [-0.39, 0.29) is 44.4 Å². The van der Waals surface area contributed by atoms with Crippen molar-refractivity contribution in [1.29, 1.82) is 0 Å². The van der Waals surface area contributed by atoms with Crippen LogP contribution in [0.2, 0.25) is 0 Å². The lowest BCUT2D eigenvalue weighted by Gasteiger charge is -2.30. The topological polar surface area (TPSA) is 152 Å². The Hall–Kier alpha value is -5.23. The molecule has 12 heteroatoms. The van der Waals surface area contributed by atoms with E-state index < -0.39 is 47.8 Å². The first-order valence-electron chi connectivity index (χ1n) is 17.5. The number of benzene rings is 3. The van der Waals surface area contributed by atoms with Gasteiger partial charge in [0, 0.05) is 20.0 Å². The summed E-state index contributed by atoms with van der Waals surface area (Å²) in [5.74, 6) is -1.54. The summed E-state index contributed by atoms with van der Waals surface area (Å²) in [7, 11) is 1.50. The molecule has 0 unspecified atom stereocenters. The van der Waals surface area contributed by atoms with Crippen LogP contribution in [0.1, 0.15) is 64.2 Å². The SMILES string of the molecule is CNC(=O)[C@H](Cc1ccccc1)NC(=O)[C@H](CC(C)C)N[C@H](CCN(C(=O)OCc1ccccc1)C(=O)OCc1ccccc1)C(=O)OC(C)(C)C. The Balaban J connectivity index is 1.85. The molecule has 0 saturated heterocycles. The van der Waals surface area contributed by atoms with Crippen molar-refractivity contribution in [3.63, 3.8) is 0 Å². The monoisotopic (exact) mass is 716 g/mol. The zero-order chi connectivity index (χ0) is 38.1. The van der Waals surface area contributed by atoms with Crippen LogP contribution in [0.25, 0.3) is 0 Å². The minimum Gasteiger partial charge on any atom is -0.459 e. The van der Waals surface area contributed by atoms with Crippen LogP contribution in [0.3, 0.4) is 0 Å². The molecular formula is C40H52N4O8. The quantitative estimate of drug-likeness (QED) is 0.121. The third kappa shape index (κ3) is 14.6. The standard InChI is InChI=1S/C40H52N4O8/c1-28(2)24-33(36(46)43-34(35(45)41-6)25-29-16-10-7-11-17-29)42-32(37(47)52-40(3,4)5)22-23-44(38(48)50-26-30-18-12-8-13-19-30)39(49)51-27-31-20-14-9-15-21-31/h7-21,28,32-34,42H,22-27H2,1-6H3,(H,41,45)(H,43,46)/t32-,33+,34+/m1/s1. The van der Waals surface area contributed by atoms with Crippen LogP contribution in [0.4, 0.5) is 9.59 Å². The number of esters is 1. The maximum absolute atomic E-state index is 13.9. The Morgan fingerprint density at radius 3 is 1.60 bits per heavy atom. The first kappa shape index (κ1) is 41.2. The molecule has 3 aromatic rings. The number of amides is 4. The number of nitrogens with zero attached hydrogens (tertiary/aromatic N) is 1. The average molecular weight is 717 g/mol. The summed E-state index contributed by atoms with van der Waals surface area (Å²) in [4.78, 5) is 68.0. The lowest BCUT2D eigenvalue weighted by molar-refractivity contribution is -0.158. The van der Waals surface area contributed by atoms with Gasteiger partial charge in [-0.25, -0.2) is 14.5 Å². The molecule has 0 saturated carbocycles. The van der Waals surface area contributed by atoms with E-state index in [2.05, 4.69) is 16.0 Å². The second kappa shape index (κ2) is 20.6. The fourth-order valence-corrected chi connectivity index (χ4v) is 5.22. The minimum absolute atomic E-state index is 0.00698. The predicted octanol–water partition coefficient (Wildman–Crippen LogP) is 5.54. The van der Waals surface area contributed by atoms with Gasteiger partial charge in [0.15, 0.2) is 0 Å². The van der Waals surface area contributed by atoms with E-state index in [0.29, 0.717) is 17.5 Å². The van der Waals surface area contributed by atoms with Crippen LogP contribution in [0, 0.1) is 5.92 Å². The number of rotatable bonds is 17. The van der Waals surface area contributed by atoms with Crippen molar-refractivity contribution in [2.45, 2.75) is 90.8 Å². The zero-order valence-corrected chi connectivity index (χ0v) is 30.9. The number of carbonyl (C=O) groups is 5. The Kier molecular flexibility index (Phi) is 16.3. The van der Waals surface area contributed by atoms with Crippen LogP contribution in [-0.4, -0.2) is 72.2 Å². The number of carbonyl (C=O) groups excluding carboxylic acids is 5. The smallest absolute Gasteiger partial charge is 0.419 e. The number of nitrogens with one attached hydrogen (secondary N) is 3. The first-order valence-corrected chi connectivity index (χ1v) is 17.5. The van der Waals surface area contributed by atoms with Crippen LogP contribution in [-0.2, 0) is 48.2 Å². The van der Waals surface area contributed by atoms with Gasteiger partial charge in [-0.05, 0) is 56.2 Å². The number of imide groups is 1. The molecule has 0 aliphatic carbocycles. The fourth-order valence-electron chi connectivity index (χ4n) is 5.22. The van der Waals surface area contributed by atoms with Gasteiger partial charge < -0.3 is 24.8 Å². The van der Waals surface area contributed by atoms with E-state index in [0.717, 1.165) is 10.5 Å². The highest BCUT2D eigenvalue weighted by Crippen LogP contribution is 2.16. The van der Waals surface area contributed by atoms with Crippen molar-refractivity contribution < 1.29 is 38.2 Å². The lowest BCUT2D eigenvalue weighted by atomic mass is 9.99. The molecule has 12 nitrogen and oxygen atoms in total. The molecule has 280 valence electrons. The van der Waals surface area contributed by atoms with Gasteiger partial charge in [0.2, 0.25) is 11.8 Å². The summed E-state index contributed by atoms with van der Waals surface area (Å²) < 4.78 is 16.7. The molecule has 0 aliphatic heterocycles. The molecule has 0 fully saturated rings. The van der Waals surface area contributed by atoms with Crippen molar-refractivity contribution >= 4 is 30.0 Å². The van der Waals surface area contributed by atoms with Gasteiger partial charge in [0.05, 0.1) is 6.04 Å². The Morgan fingerprint density at radius 1 is 0.673 bits per heavy atom. The molecule has 0 spiro atoms. The largest absolute Gasteiger partial charge is 0.459 e. The average Bonchev–Trinajstić information content (AvgIpc) is 3.11. The predicted molar refractivity (Wildman–Crippen MR) is 197 cm³/mol. The number of hydrogen-bond acceptors (Lipinski definition) is 9. The molecule has 3 rings (SSSR count). The molecular weight excluding hydrogens is 664 g/mol. The summed E-state index contributed by atoms with van der Waals surface area (Å²) >= 11 is 0. The van der Waals surface area contributed by atoms with Gasteiger partial charge in [-0.15, -0.1) is 0 Å². The summed E-state index contributed by atoms with van der Waals surface area (Å²) in [5.41, 5.74) is 1.41. The van der Waals surface area contributed by atoms with Crippen molar-refractivity contribution in [3.05, 3.63) is 108 Å². The van der Waals surface area contributed by atoms with Gasteiger partial charge in [0.25, 0.3) is 0 Å². The molecule has 3 atom stereocenters. The van der Waals surface area contributed by atoms with E-state index >= 15 is 0 Å². The molecule has 0 heterocycles. The van der Waals surface area contributed by atoms with E-state index in [1.165, 1.54) is 7.05 Å². The zero-order valence-electron chi connectivity index (χ0n) is 30.9. The van der Waals surface area contributed by atoms with Crippen molar-refractivity contribution in [1.82, 2.24) is 20.9 Å². The third-order valence-corrected chi connectivity index (χ3v) is 7.77. The molecule has 3 aromatic carbocycles. The van der Waals surface area contributed by atoms with Crippen molar-refractivity contribution in [2.75, 3.05) is 13.6 Å². The minimum atomic E-state index is -1.15. The van der Waals surface area contributed by atoms with Crippen LogP contribution in [0.5, 0.6) is 0 Å². The summed E-state index contributed by atoms with van der Waals surface area (Å²) in [6.07, 6.45) is -1.51. The maximum atomic E-state index is 13.9. The van der Waals surface area contributed by atoms with E-state index in [4.69, 9.17) is 14.2 Å². The lowest BCUT2D eigenvalue weighted by Crippen LogP contribution is -2.57. The maximum Gasteiger partial charge on any atom is 0.419 e. The summed E-state index contributed by atoms with van der Waals surface area (Å²) in [6, 6.07) is 24.3. The van der Waals surface area contributed by atoms with Crippen molar-refractivity contribution in [2.24, 2.45) is 5.92 Å². The van der Waals surface area contributed by atoms with Gasteiger partial charge in [-0.2, -0.15) is 0 Å². The molecule has 52 heavy (non-hydrogen) atoms. The molecule has 0 radical (unpaired) electrons. The number of ether oxygens (including phenoxy) is 3. The van der Waals surface area contributed by atoms with Gasteiger partial charge in [-0.3, -0.25) is 19.7 Å². The summed E-state index contributed by atoms with van der Waals surface area (Å²) in [5, 5.41) is 8.60. The third-order valence-electron chi connectivity index (χ3n) is 7.77. The van der Waals surface area contributed by atoms with E-state index in [9.17, 15) is 24.0 Å². The Labute approximate surface area is 306 Å². The Bertz CT molecular complexity index is 1520. The summed E-state index contributed by atoms with van der Waals surface area (Å²) in [6.45, 7) is 8.51. The molecule has 3 N–H and O–H groups in total. The second-order valence-electron chi connectivity index (χ2n) is 13.8. The molecule has 0 bridgehead atoms. The molecule has 0 aromatic heterocycles. The van der Waals surface area contributed by atoms with Crippen LogP contribution < -0.4 is 16.0 Å².